The van der Waals surface area contributed by atoms with Gasteiger partial charge < -0.3 is 19.9 Å². The molecule has 1 aliphatic rings. The van der Waals surface area contributed by atoms with Crippen molar-refractivity contribution in [1.29, 1.82) is 0 Å². The van der Waals surface area contributed by atoms with E-state index in [1.165, 1.54) is 18.2 Å². The number of ether oxygens (including phenoxy) is 1. The van der Waals surface area contributed by atoms with Gasteiger partial charge >= 0.3 is 12.0 Å². The van der Waals surface area contributed by atoms with Crippen molar-refractivity contribution in [2.45, 2.75) is 6.92 Å². The Hall–Kier alpha value is -3.42. The van der Waals surface area contributed by atoms with E-state index < -0.39 is 11.8 Å². The lowest BCUT2D eigenvalue weighted by Gasteiger charge is -2.34. The molecule has 7 nitrogen and oxygen atoms in total. The van der Waals surface area contributed by atoms with Gasteiger partial charge in [-0.1, -0.05) is 6.07 Å². The Bertz CT molecular complexity index is 893. The number of rotatable bonds is 4. The van der Waals surface area contributed by atoms with E-state index in [9.17, 15) is 18.8 Å². The average Bonchev–Trinajstić information content (AvgIpc) is 2.74. The predicted molar refractivity (Wildman–Crippen MR) is 105 cm³/mol. The SMILES string of the molecule is CCOC(=O)c1ccc(NC(=O)N2CCN(C(=O)c3cccc(F)c3)CC2)cc1. The summed E-state index contributed by atoms with van der Waals surface area (Å²) in [6, 6.07) is 11.7. The third kappa shape index (κ3) is 5.10. The van der Waals surface area contributed by atoms with Gasteiger partial charge in [0.1, 0.15) is 5.82 Å². The van der Waals surface area contributed by atoms with Crippen LogP contribution in [0.4, 0.5) is 14.9 Å². The number of urea groups is 1. The van der Waals surface area contributed by atoms with Crippen LogP contribution < -0.4 is 5.32 Å². The fourth-order valence-electron chi connectivity index (χ4n) is 3.02. The maximum absolute atomic E-state index is 13.3. The standard InChI is InChI=1S/C21H22FN3O4/c1-2-29-20(27)15-6-8-18(9-7-15)23-21(28)25-12-10-24(11-13-25)19(26)16-4-3-5-17(22)14-16/h3-9,14H,2,10-13H2,1H3,(H,23,28). The number of nitrogens with zero attached hydrogens (tertiary/aromatic N) is 2. The molecule has 1 saturated heterocycles. The zero-order chi connectivity index (χ0) is 20.8. The number of benzene rings is 2. The van der Waals surface area contributed by atoms with Crippen molar-refractivity contribution in [3.05, 3.63) is 65.5 Å². The van der Waals surface area contributed by atoms with Gasteiger partial charge in [-0.3, -0.25) is 4.79 Å². The molecule has 1 fully saturated rings. The number of anilines is 1. The Morgan fingerprint density at radius 2 is 1.62 bits per heavy atom. The number of hydrogen-bond donors (Lipinski definition) is 1. The minimum atomic E-state index is -0.456. The van der Waals surface area contributed by atoms with Gasteiger partial charge in [-0.2, -0.15) is 0 Å². The van der Waals surface area contributed by atoms with Crippen LogP contribution in [0, 0.1) is 5.82 Å². The highest BCUT2D eigenvalue weighted by Gasteiger charge is 2.25. The quantitative estimate of drug-likeness (QED) is 0.802. The summed E-state index contributed by atoms with van der Waals surface area (Å²) >= 11 is 0. The summed E-state index contributed by atoms with van der Waals surface area (Å²) in [5, 5.41) is 2.77. The van der Waals surface area contributed by atoms with Gasteiger partial charge in [-0.05, 0) is 49.4 Å². The van der Waals surface area contributed by atoms with Crippen LogP contribution in [0.1, 0.15) is 27.6 Å². The second-order valence-electron chi connectivity index (χ2n) is 6.52. The molecule has 1 N–H and O–H groups in total. The largest absolute Gasteiger partial charge is 0.462 e. The van der Waals surface area contributed by atoms with Crippen molar-refractivity contribution in [1.82, 2.24) is 9.80 Å². The molecule has 8 heteroatoms. The maximum Gasteiger partial charge on any atom is 0.338 e. The number of carbonyl (C=O) groups excluding carboxylic acids is 3. The zero-order valence-electron chi connectivity index (χ0n) is 16.1. The molecule has 3 rings (SSSR count). The Balaban J connectivity index is 1.52. The first-order chi connectivity index (χ1) is 14.0. The molecule has 0 spiro atoms. The summed E-state index contributed by atoms with van der Waals surface area (Å²) in [5.41, 5.74) is 1.26. The second-order valence-corrected chi connectivity index (χ2v) is 6.52. The monoisotopic (exact) mass is 399 g/mol. The van der Waals surface area contributed by atoms with Crippen LogP contribution in [0.3, 0.4) is 0 Å². The fraction of sp³-hybridized carbons (Fsp3) is 0.286. The lowest BCUT2D eigenvalue weighted by atomic mass is 10.2. The highest BCUT2D eigenvalue weighted by Crippen LogP contribution is 2.14. The summed E-state index contributed by atoms with van der Waals surface area (Å²) < 4.78 is 18.2. The van der Waals surface area contributed by atoms with Crippen LogP contribution >= 0.6 is 0 Å². The smallest absolute Gasteiger partial charge is 0.338 e. The lowest BCUT2D eigenvalue weighted by molar-refractivity contribution is 0.0526. The van der Waals surface area contributed by atoms with E-state index in [2.05, 4.69) is 5.32 Å². The highest BCUT2D eigenvalue weighted by molar-refractivity contribution is 5.95. The van der Waals surface area contributed by atoms with Crippen LogP contribution in [0.5, 0.6) is 0 Å². The predicted octanol–water partition coefficient (Wildman–Crippen LogP) is 2.99. The molecule has 152 valence electrons. The minimum Gasteiger partial charge on any atom is -0.462 e. The molecule has 3 amide bonds. The van der Waals surface area contributed by atoms with E-state index in [4.69, 9.17) is 4.74 Å². The van der Waals surface area contributed by atoms with Crippen LogP contribution in [0.25, 0.3) is 0 Å². The van der Waals surface area contributed by atoms with Crippen LogP contribution in [-0.2, 0) is 4.74 Å². The van der Waals surface area contributed by atoms with E-state index in [1.54, 1.807) is 47.1 Å². The van der Waals surface area contributed by atoms with Gasteiger partial charge in [-0.25, -0.2) is 14.0 Å². The number of hydrogen-bond acceptors (Lipinski definition) is 4. The molecule has 29 heavy (non-hydrogen) atoms. The molecule has 0 radical (unpaired) electrons. The van der Waals surface area contributed by atoms with Gasteiger partial charge in [-0.15, -0.1) is 0 Å². The van der Waals surface area contributed by atoms with E-state index in [0.29, 0.717) is 49.6 Å². The number of esters is 1. The van der Waals surface area contributed by atoms with E-state index in [1.807, 2.05) is 0 Å². The van der Waals surface area contributed by atoms with Gasteiger partial charge in [0, 0.05) is 37.4 Å². The van der Waals surface area contributed by atoms with Gasteiger partial charge in [0.25, 0.3) is 5.91 Å². The molecule has 1 heterocycles. The van der Waals surface area contributed by atoms with Crippen LogP contribution in [0.2, 0.25) is 0 Å². The second kappa shape index (κ2) is 9.18. The normalized spacial score (nSPS) is 13.7. The van der Waals surface area contributed by atoms with E-state index in [-0.39, 0.29) is 11.9 Å². The fourth-order valence-corrected chi connectivity index (χ4v) is 3.02. The number of halogens is 1. The molecule has 1 aliphatic heterocycles. The van der Waals surface area contributed by atoms with Crippen molar-refractivity contribution < 1.29 is 23.5 Å². The highest BCUT2D eigenvalue weighted by atomic mass is 19.1. The average molecular weight is 399 g/mol. The number of nitrogens with one attached hydrogen (secondary N) is 1. The summed E-state index contributed by atoms with van der Waals surface area (Å²) in [4.78, 5) is 39.8. The molecule has 0 aromatic heterocycles. The molecule has 0 atom stereocenters. The molecular formula is C21H22FN3O4. The Kier molecular flexibility index (Phi) is 6.43. The molecule has 2 aromatic carbocycles. The molecule has 0 aliphatic carbocycles. The summed E-state index contributed by atoms with van der Waals surface area (Å²) in [7, 11) is 0. The minimum absolute atomic E-state index is 0.251. The first-order valence-corrected chi connectivity index (χ1v) is 9.36. The van der Waals surface area contributed by atoms with Crippen molar-refractivity contribution in [3.63, 3.8) is 0 Å². The maximum atomic E-state index is 13.3. The van der Waals surface area contributed by atoms with Crippen molar-refractivity contribution in [2.75, 3.05) is 38.1 Å². The van der Waals surface area contributed by atoms with E-state index in [0.717, 1.165) is 0 Å². The van der Waals surface area contributed by atoms with Crippen molar-refractivity contribution >= 4 is 23.6 Å². The topological polar surface area (TPSA) is 79.0 Å². The lowest BCUT2D eigenvalue weighted by Crippen LogP contribution is -2.51. The van der Waals surface area contributed by atoms with Gasteiger partial charge in [0.05, 0.1) is 12.2 Å². The third-order valence-corrected chi connectivity index (χ3v) is 4.57. The molecule has 0 unspecified atom stereocenters. The number of piperazine rings is 1. The summed E-state index contributed by atoms with van der Waals surface area (Å²) in [6.45, 7) is 3.50. The summed E-state index contributed by atoms with van der Waals surface area (Å²) in [6.07, 6.45) is 0. The molecule has 2 aromatic rings. The molecular weight excluding hydrogens is 377 g/mol. The first-order valence-electron chi connectivity index (χ1n) is 9.36. The zero-order valence-corrected chi connectivity index (χ0v) is 16.1. The van der Waals surface area contributed by atoms with Crippen LogP contribution in [0.15, 0.2) is 48.5 Å². The number of amides is 3. The van der Waals surface area contributed by atoms with Gasteiger partial charge in [0.15, 0.2) is 0 Å². The van der Waals surface area contributed by atoms with Crippen molar-refractivity contribution in [3.8, 4) is 0 Å². The Morgan fingerprint density at radius 1 is 0.966 bits per heavy atom. The molecule has 0 saturated carbocycles. The van der Waals surface area contributed by atoms with Gasteiger partial charge in [0.2, 0.25) is 0 Å². The van der Waals surface area contributed by atoms with Crippen molar-refractivity contribution in [2.24, 2.45) is 0 Å². The first kappa shape index (κ1) is 20.3. The van der Waals surface area contributed by atoms with E-state index >= 15 is 0 Å². The van der Waals surface area contributed by atoms with Crippen LogP contribution in [-0.4, -0.2) is 60.5 Å². The Labute approximate surface area is 168 Å². The molecule has 0 bridgehead atoms. The third-order valence-electron chi connectivity index (χ3n) is 4.57. The Morgan fingerprint density at radius 3 is 2.24 bits per heavy atom. The number of carbonyl (C=O) groups is 3. The summed E-state index contributed by atoms with van der Waals surface area (Å²) in [5.74, 6) is -1.12.